The molecule has 0 aromatic heterocycles. The Kier molecular flexibility index (Phi) is 8.22. The van der Waals surface area contributed by atoms with E-state index in [1.54, 1.807) is 32.9 Å². The summed E-state index contributed by atoms with van der Waals surface area (Å²) in [6, 6.07) is 6.06. The molecule has 8 heteroatoms. The third-order valence-electron chi connectivity index (χ3n) is 4.31. The lowest BCUT2D eigenvalue weighted by atomic mass is 10.1. The highest BCUT2D eigenvalue weighted by atomic mass is 32.2. The summed E-state index contributed by atoms with van der Waals surface area (Å²) in [5, 5.41) is 0. The van der Waals surface area contributed by atoms with Crippen LogP contribution in [0.25, 0.3) is 0 Å². The molecular formula is C21H29FO6S. The van der Waals surface area contributed by atoms with Crippen LogP contribution in [0.4, 0.5) is 4.39 Å². The number of halogens is 1. The van der Waals surface area contributed by atoms with Gasteiger partial charge < -0.3 is 14.2 Å². The number of ether oxygens (including phenoxy) is 3. The molecule has 162 valence electrons. The molecule has 0 aliphatic carbocycles. The molecule has 1 aliphatic heterocycles. The van der Waals surface area contributed by atoms with Crippen LogP contribution in [0.1, 0.15) is 40.0 Å². The van der Waals surface area contributed by atoms with Gasteiger partial charge in [-0.1, -0.05) is 0 Å². The zero-order valence-electron chi connectivity index (χ0n) is 17.1. The van der Waals surface area contributed by atoms with E-state index < -0.39 is 21.4 Å². The molecule has 0 saturated carbocycles. The Hall–Kier alpha value is -1.93. The molecule has 1 heterocycles. The van der Waals surface area contributed by atoms with E-state index in [2.05, 4.69) is 0 Å². The SMILES string of the molecule is CC(C)(C)OC(=O)CC/C(=C\F)COc1ccc(S(=O)(=O)C[C@H]2CCOC2)cc1. The van der Waals surface area contributed by atoms with Crippen LogP contribution in [0.2, 0.25) is 0 Å². The summed E-state index contributed by atoms with van der Waals surface area (Å²) in [6.07, 6.45) is 1.41. The van der Waals surface area contributed by atoms with E-state index in [-0.39, 0.29) is 36.0 Å². The highest BCUT2D eigenvalue weighted by molar-refractivity contribution is 7.91. The summed E-state index contributed by atoms with van der Waals surface area (Å²) < 4.78 is 53.9. The number of hydrogen-bond acceptors (Lipinski definition) is 6. The second kappa shape index (κ2) is 10.2. The lowest BCUT2D eigenvalue weighted by Gasteiger charge is -2.19. The van der Waals surface area contributed by atoms with Crippen LogP contribution >= 0.6 is 0 Å². The average Bonchev–Trinajstić information content (AvgIpc) is 3.13. The summed E-state index contributed by atoms with van der Waals surface area (Å²) in [5.74, 6) is 0.106. The molecule has 2 rings (SSSR count). The predicted octanol–water partition coefficient (Wildman–Crippen LogP) is 3.85. The van der Waals surface area contributed by atoms with E-state index in [1.165, 1.54) is 12.1 Å². The molecule has 0 amide bonds. The molecule has 1 aromatic carbocycles. The minimum atomic E-state index is -3.39. The summed E-state index contributed by atoms with van der Waals surface area (Å²) in [7, 11) is -3.39. The molecule has 1 saturated heterocycles. The third kappa shape index (κ3) is 8.14. The minimum absolute atomic E-state index is 0.0261. The highest BCUT2D eigenvalue weighted by Gasteiger charge is 2.24. The first-order valence-electron chi connectivity index (χ1n) is 9.62. The van der Waals surface area contributed by atoms with Gasteiger partial charge in [-0.25, -0.2) is 12.8 Å². The Morgan fingerprint density at radius 1 is 1.24 bits per heavy atom. The van der Waals surface area contributed by atoms with Gasteiger partial charge >= 0.3 is 5.97 Å². The normalized spacial score (nSPS) is 17.9. The summed E-state index contributed by atoms with van der Waals surface area (Å²) in [4.78, 5) is 12.0. The minimum Gasteiger partial charge on any atom is -0.489 e. The van der Waals surface area contributed by atoms with Crippen LogP contribution in [-0.2, 0) is 24.1 Å². The van der Waals surface area contributed by atoms with E-state index >= 15 is 0 Å². The topological polar surface area (TPSA) is 78.9 Å². The van der Waals surface area contributed by atoms with Crippen molar-refractivity contribution in [1.82, 2.24) is 0 Å². The molecule has 29 heavy (non-hydrogen) atoms. The number of esters is 1. The first kappa shape index (κ1) is 23.3. The zero-order chi connectivity index (χ0) is 21.5. The number of benzene rings is 1. The smallest absolute Gasteiger partial charge is 0.306 e. The lowest BCUT2D eigenvalue weighted by Crippen LogP contribution is -2.23. The van der Waals surface area contributed by atoms with Crippen LogP contribution < -0.4 is 4.74 Å². The largest absolute Gasteiger partial charge is 0.489 e. The number of hydrogen-bond donors (Lipinski definition) is 0. The first-order valence-corrected chi connectivity index (χ1v) is 11.3. The summed E-state index contributed by atoms with van der Waals surface area (Å²) in [6.45, 7) is 6.35. The number of rotatable bonds is 9. The van der Waals surface area contributed by atoms with Crippen LogP contribution in [0.15, 0.2) is 41.1 Å². The van der Waals surface area contributed by atoms with Gasteiger partial charge in [0.05, 0.1) is 23.6 Å². The van der Waals surface area contributed by atoms with Crippen LogP contribution in [-0.4, -0.2) is 45.6 Å². The molecule has 0 radical (unpaired) electrons. The van der Waals surface area contributed by atoms with Crippen molar-refractivity contribution in [3.05, 3.63) is 36.2 Å². The third-order valence-corrected chi connectivity index (χ3v) is 6.21. The Labute approximate surface area is 172 Å². The van der Waals surface area contributed by atoms with Gasteiger partial charge in [-0.15, -0.1) is 0 Å². The molecule has 0 bridgehead atoms. The van der Waals surface area contributed by atoms with Gasteiger partial charge in [0.2, 0.25) is 0 Å². The van der Waals surface area contributed by atoms with E-state index in [1.807, 2.05) is 0 Å². The van der Waals surface area contributed by atoms with Gasteiger partial charge in [-0.05, 0) is 69.4 Å². The molecule has 1 aliphatic rings. The maximum atomic E-state index is 13.1. The monoisotopic (exact) mass is 428 g/mol. The second-order valence-electron chi connectivity index (χ2n) is 8.12. The van der Waals surface area contributed by atoms with Crippen molar-refractivity contribution >= 4 is 15.8 Å². The molecule has 1 fully saturated rings. The van der Waals surface area contributed by atoms with E-state index in [4.69, 9.17) is 14.2 Å². The lowest BCUT2D eigenvalue weighted by molar-refractivity contribution is -0.154. The fourth-order valence-corrected chi connectivity index (χ4v) is 4.48. The molecule has 0 unspecified atom stereocenters. The molecule has 0 spiro atoms. The molecule has 0 N–H and O–H groups in total. The number of sulfone groups is 1. The zero-order valence-corrected chi connectivity index (χ0v) is 18.0. The van der Waals surface area contributed by atoms with Crippen molar-refractivity contribution in [2.75, 3.05) is 25.6 Å². The molecule has 1 atom stereocenters. The Morgan fingerprint density at radius 2 is 1.93 bits per heavy atom. The van der Waals surface area contributed by atoms with Crippen molar-refractivity contribution in [2.45, 2.75) is 50.5 Å². The van der Waals surface area contributed by atoms with Crippen LogP contribution in [0.5, 0.6) is 5.75 Å². The van der Waals surface area contributed by atoms with Gasteiger partial charge in [0, 0.05) is 13.0 Å². The van der Waals surface area contributed by atoms with Crippen molar-refractivity contribution in [3.63, 3.8) is 0 Å². The summed E-state index contributed by atoms with van der Waals surface area (Å²) >= 11 is 0. The Bertz CT molecular complexity index is 803. The molecule has 6 nitrogen and oxygen atoms in total. The Morgan fingerprint density at radius 3 is 2.48 bits per heavy atom. The fraction of sp³-hybridized carbons (Fsp3) is 0.571. The van der Waals surface area contributed by atoms with E-state index in [0.29, 0.717) is 30.9 Å². The number of carbonyl (C=O) groups excluding carboxylic acids is 1. The Balaban J connectivity index is 1.84. The standard InChI is InChI=1S/C21H29FO6S/c1-21(2,3)28-20(23)9-4-16(12-22)14-27-18-5-7-19(8-6-18)29(24,25)15-17-10-11-26-13-17/h5-8,12,17H,4,9-11,13-15H2,1-3H3/b16-12+/t17-/m0/s1. The summed E-state index contributed by atoms with van der Waals surface area (Å²) in [5.41, 5.74) is -0.270. The fourth-order valence-electron chi connectivity index (χ4n) is 2.85. The highest BCUT2D eigenvalue weighted by Crippen LogP contribution is 2.22. The molecular weight excluding hydrogens is 399 g/mol. The molecule has 1 aromatic rings. The van der Waals surface area contributed by atoms with Gasteiger partial charge in [0.15, 0.2) is 9.84 Å². The van der Waals surface area contributed by atoms with Crippen LogP contribution in [0, 0.1) is 5.92 Å². The van der Waals surface area contributed by atoms with Gasteiger partial charge in [-0.3, -0.25) is 4.79 Å². The van der Waals surface area contributed by atoms with Gasteiger partial charge in [0.25, 0.3) is 0 Å². The van der Waals surface area contributed by atoms with Crippen molar-refractivity contribution in [1.29, 1.82) is 0 Å². The maximum Gasteiger partial charge on any atom is 0.306 e. The first-order chi connectivity index (χ1) is 13.6. The van der Waals surface area contributed by atoms with Crippen molar-refractivity contribution in [2.24, 2.45) is 5.92 Å². The maximum absolute atomic E-state index is 13.1. The van der Waals surface area contributed by atoms with E-state index in [0.717, 1.165) is 6.42 Å². The van der Waals surface area contributed by atoms with Gasteiger partial charge in [-0.2, -0.15) is 0 Å². The van der Waals surface area contributed by atoms with E-state index in [9.17, 15) is 17.6 Å². The van der Waals surface area contributed by atoms with Crippen molar-refractivity contribution < 1.29 is 31.8 Å². The second-order valence-corrected chi connectivity index (χ2v) is 10.2. The average molecular weight is 429 g/mol. The predicted molar refractivity (Wildman–Crippen MR) is 107 cm³/mol. The quantitative estimate of drug-likeness (QED) is 0.556. The van der Waals surface area contributed by atoms with Crippen molar-refractivity contribution in [3.8, 4) is 5.75 Å². The van der Waals surface area contributed by atoms with Crippen LogP contribution in [0.3, 0.4) is 0 Å². The number of carbonyl (C=O) groups is 1. The van der Waals surface area contributed by atoms with Gasteiger partial charge in [0.1, 0.15) is 18.0 Å².